The molecule has 0 aliphatic carbocycles. The minimum atomic E-state index is -0.596. The number of benzene rings is 2. The van der Waals surface area contributed by atoms with Crippen molar-refractivity contribution in [1.29, 1.82) is 0 Å². The third-order valence-electron chi connectivity index (χ3n) is 2.86. The van der Waals surface area contributed by atoms with Gasteiger partial charge in [-0.2, -0.15) is 0 Å². The number of ether oxygens (including phenoxy) is 1. The molecule has 0 aliphatic heterocycles. The van der Waals surface area contributed by atoms with Crippen LogP contribution in [0, 0.1) is 0 Å². The van der Waals surface area contributed by atoms with Gasteiger partial charge in [0.25, 0.3) is 5.91 Å². The van der Waals surface area contributed by atoms with Crippen molar-refractivity contribution in [1.82, 2.24) is 0 Å². The molecule has 0 bridgehead atoms. The smallest absolute Gasteiger partial charge is 0.265 e. The van der Waals surface area contributed by atoms with Gasteiger partial charge in [0.2, 0.25) is 0 Å². The third-order valence-corrected chi connectivity index (χ3v) is 3.91. The number of para-hydroxylation sites is 1. The number of halogens is 1. The number of thioether (sulfide) groups is 1. The van der Waals surface area contributed by atoms with E-state index in [2.05, 4.69) is 5.32 Å². The van der Waals surface area contributed by atoms with E-state index < -0.39 is 6.10 Å². The van der Waals surface area contributed by atoms with Gasteiger partial charge in [0.05, 0.1) is 5.69 Å². The van der Waals surface area contributed by atoms with Crippen LogP contribution in [0.1, 0.15) is 6.92 Å². The second kappa shape index (κ2) is 7.38. The van der Waals surface area contributed by atoms with Crippen molar-refractivity contribution < 1.29 is 9.53 Å². The Morgan fingerprint density at radius 2 is 1.86 bits per heavy atom. The molecule has 21 heavy (non-hydrogen) atoms. The van der Waals surface area contributed by atoms with E-state index in [9.17, 15) is 4.79 Å². The highest BCUT2D eigenvalue weighted by molar-refractivity contribution is 7.98. The maximum absolute atomic E-state index is 12.2. The standard InChI is InChI=1S/C16H16ClNO2S/c1-11(20-13-9-7-12(17)8-10-13)16(19)18-14-5-3-4-6-15(14)21-2/h3-11H,1-2H3,(H,18,19)/t11-/m0/s1. The van der Waals surface area contributed by atoms with Crippen LogP contribution in [-0.2, 0) is 4.79 Å². The molecule has 1 N–H and O–H groups in total. The van der Waals surface area contributed by atoms with Crippen LogP contribution in [0.5, 0.6) is 5.75 Å². The lowest BCUT2D eigenvalue weighted by Gasteiger charge is -2.16. The van der Waals surface area contributed by atoms with E-state index in [0.717, 1.165) is 10.6 Å². The van der Waals surface area contributed by atoms with Crippen LogP contribution in [0.4, 0.5) is 5.69 Å². The number of amides is 1. The van der Waals surface area contributed by atoms with E-state index in [0.29, 0.717) is 10.8 Å². The van der Waals surface area contributed by atoms with Crippen molar-refractivity contribution in [3.63, 3.8) is 0 Å². The van der Waals surface area contributed by atoms with Gasteiger partial charge in [-0.05, 0) is 49.6 Å². The predicted octanol–water partition coefficient (Wildman–Crippen LogP) is 4.47. The summed E-state index contributed by atoms with van der Waals surface area (Å²) in [5.74, 6) is 0.423. The second-order valence-electron chi connectivity index (χ2n) is 4.40. The normalized spacial score (nSPS) is 11.8. The van der Waals surface area contributed by atoms with Crippen LogP contribution in [-0.4, -0.2) is 18.3 Å². The highest BCUT2D eigenvalue weighted by Gasteiger charge is 2.16. The average Bonchev–Trinajstić information content (AvgIpc) is 2.50. The average molecular weight is 322 g/mol. The molecule has 110 valence electrons. The monoisotopic (exact) mass is 321 g/mol. The lowest BCUT2D eigenvalue weighted by molar-refractivity contribution is -0.122. The number of carbonyl (C=O) groups excluding carboxylic acids is 1. The molecule has 2 aromatic carbocycles. The minimum Gasteiger partial charge on any atom is -0.481 e. The van der Waals surface area contributed by atoms with Crippen LogP contribution >= 0.6 is 23.4 Å². The molecule has 0 spiro atoms. The van der Waals surface area contributed by atoms with Crippen molar-refractivity contribution in [2.75, 3.05) is 11.6 Å². The van der Waals surface area contributed by atoms with Crippen LogP contribution in [0.25, 0.3) is 0 Å². The second-order valence-corrected chi connectivity index (χ2v) is 5.69. The molecular weight excluding hydrogens is 306 g/mol. The van der Waals surface area contributed by atoms with Gasteiger partial charge >= 0.3 is 0 Å². The maximum atomic E-state index is 12.2. The van der Waals surface area contributed by atoms with Gasteiger partial charge in [-0.25, -0.2) is 0 Å². The molecule has 2 rings (SSSR count). The molecule has 0 aliphatic rings. The number of hydrogen-bond acceptors (Lipinski definition) is 3. The van der Waals surface area contributed by atoms with Crippen molar-refractivity contribution in [2.24, 2.45) is 0 Å². The van der Waals surface area contributed by atoms with Gasteiger partial charge in [0.1, 0.15) is 5.75 Å². The summed E-state index contributed by atoms with van der Waals surface area (Å²) in [5, 5.41) is 3.51. The number of carbonyl (C=O) groups is 1. The van der Waals surface area contributed by atoms with E-state index in [1.54, 1.807) is 43.0 Å². The Morgan fingerprint density at radius 3 is 2.52 bits per heavy atom. The van der Waals surface area contributed by atoms with E-state index in [1.165, 1.54) is 0 Å². The third kappa shape index (κ3) is 4.41. The van der Waals surface area contributed by atoms with Crippen LogP contribution in [0.3, 0.4) is 0 Å². The van der Waals surface area contributed by atoms with E-state index in [1.807, 2.05) is 30.5 Å². The fourth-order valence-electron chi connectivity index (χ4n) is 1.75. The van der Waals surface area contributed by atoms with Gasteiger partial charge in [0.15, 0.2) is 6.10 Å². The van der Waals surface area contributed by atoms with Gasteiger partial charge in [0, 0.05) is 9.92 Å². The van der Waals surface area contributed by atoms with Gasteiger partial charge < -0.3 is 10.1 Å². The Kier molecular flexibility index (Phi) is 5.53. The molecule has 0 heterocycles. The molecule has 3 nitrogen and oxygen atoms in total. The van der Waals surface area contributed by atoms with Gasteiger partial charge in [-0.15, -0.1) is 11.8 Å². The Balaban J connectivity index is 2.01. The Labute approximate surface area is 133 Å². The summed E-state index contributed by atoms with van der Waals surface area (Å²) in [6, 6.07) is 14.6. The largest absolute Gasteiger partial charge is 0.481 e. The molecule has 1 amide bonds. The van der Waals surface area contributed by atoms with E-state index in [4.69, 9.17) is 16.3 Å². The fraction of sp³-hybridized carbons (Fsp3) is 0.188. The van der Waals surface area contributed by atoms with Crippen molar-refractivity contribution in [2.45, 2.75) is 17.9 Å². The first-order chi connectivity index (χ1) is 10.1. The summed E-state index contributed by atoms with van der Waals surface area (Å²) in [6.07, 6.45) is 1.37. The van der Waals surface area contributed by atoms with Crippen LogP contribution < -0.4 is 10.1 Å². The molecule has 2 aromatic rings. The quantitative estimate of drug-likeness (QED) is 0.826. The molecular formula is C16H16ClNO2S. The molecule has 0 saturated carbocycles. The zero-order valence-electron chi connectivity index (χ0n) is 11.8. The molecule has 0 radical (unpaired) electrons. The first-order valence-corrected chi connectivity index (χ1v) is 8.06. The topological polar surface area (TPSA) is 38.3 Å². The zero-order valence-corrected chi connectivity index (χ0v) is 13.4. The number of hydrogen-bond donors (Lipinski definition) is 1. The van der Waals surface area contributed by atoms with Gasteiger partial charge in [-0.1, -0.05) is 23.7 Å². The highest BCUT2D eigenvalue weighted by Crippen LogP contribution is 2.25. The van der Waals surface area contributed by atoms with Crippen LogP contribution in [0.2, 0.25) is 5.02 Å². The molecule has 1 atom stereocenters. The Morgan fingerprint density at radius 1 is 1.19 bits per heavy atom. The number of anilines is 1. The lowest BCUT2D eigenvalue weighted by atomic mass is 10.3. The van der Waals surface area contributed by atoms with Crippen molar-refractivity contribution in [3.8, 4) is 5.75 Å². The molecule has 0 unspecified atom stereocenters. The Bertz CT molecular complexity index is 616. The molecule has 0 saturated heterocycles. The summed E-state index contributed by atoms with van der Waals surface area (Å²) in [7, 11) is 0. The van der Waals surface area contributed by atoms with Gasteiger partial charge in [-0.3, -0.25) is 4.79 Å². The summed E-state index contributed by atoms with van der Waals surface area (Å²) < 4.78 is 5.60. The number of rotatable bonds is 5. The van der Waals surface area contributed by atoms with Crippen molar-refractivity contribution >= 4 is 35.0 Å². The predicted molar refractivity (Wildman–Crippen MR) is 88.4 cm³/mol. The van der Waals surface area contributed by atoms with E-state index >= 15 is 0 Å². The van der Waals surface area contributed by atoms with Crippen molar-refractivity contribution in [3.05, 3.63) is 53.6 Å². The highest BCUT2D eigenvalue weighted by atomic mass is 35.5. The first kappa shape index (κ1) is 15.7. The van der Waals surface area contributed by atoms with Crippen LogP contribution in [0.15, 0.2) is 53.4 Å². The SMILES string of the molecule is CSc1ccccc1NC(=O)[C@H](C)Oc1ccc(Cl)cc1. The first-order valence-electron chi connectivity index (χ1n) is 6.46. The molecule has 0 fully saturated rings. The zero-order chi connectivity index (χ0) is 15.2. The summed E-state index contributed by atoms with van der Waals surface area (Å²) in [4.78, 5) is 13.2. The summed E-state index contributed by atoms with van der Waals surface area (Å²) >= 11 is 7.40. The van der Waals surface area contributed by atoms with E-state index in [-0.39, 0.29) is 5.91 Å². The molecule has 0 aromatic heterocycles. The lowest BCUT2D eigenvalue weighted by Crippen LogP contribution is -2.30. The summed E-state index contributed by atoms with van der Waals surface area (Å²) in [5.41, 5.74) is 0.793. The maximum Gasteiger partial charge on any atom is 0.265 e. The Hall–Kier alpha value is -1.65. The molecule has 5 heteroatoms. The number of nitrogens with one attached hydrogen (secondary N) is 1. The fourth-order valence-corrected chi connectivity index (χ4v) is 2.43. The summed E-state index contributed by atoms with van der Waals surface area (Å²) in [6.45, 7) is 1.71. The minimum absolute atomic E-state index is 0.188.